The third-order valence-electron chi connectivity index (χ3n) is 1.36. The zero-order valence-electron chi connectivity index (χ0n) is 4.35. The first-order valence-corrected chi connectivity index (χ1v) is 3.26. The third kappa shape index (κ3) is 1.23. The topological polar surface area (TPSA) is 0 Å². The summed E-state index contributed by atoms with van der Waals surface area (Å²) in [6.45, 7) is 3.86. The van der Waals surface area contributed by atoms with E-state index >= 15 is 0 Å². The van der Waals surface area contributed by atoms with E-state index in [1.54, 1.807) is 0 Å². The molecule has 0 aromatic heterocycles. The molecule has 0 amide bonds. The fourth-order valence-corrected chi connectivity index (χ4v) is 0.879. The molecule has 1 aliphatic carbocycles. The number of hydrogen-bond donors (Lipinski definition) is 1. The minimum Gasteiger partial charge on any atom is -0.175 e. The summed E-state index contributed by atoms with van der Waals surface area (Å²) in [4.78, 5) is 0. The average Bonchev–Trinajstić information content (AvgIpc) is 2.44. The maximum absolute atomic E-state index is 4.10. The number of rotatable bonds is 2. The summed E-state index contributed by atoms with van der Waals surface area (Å²) in [6, 6.07) is 0. The molecule has 40 valence electrons. The van der Waals surface area contributed by atoms with Gasteiger partial charge in [-0.15, -0.1) is 0 Å². The monoisotopic (exact) mass is 114 g/mol. The molecule has 1 saturated carbocycles. The molecule has 0 aromatic carbocycles. The molecule has 0 radical (unpaired) electrons. The van der Waals surface area contributed by atoms with Crippen LogP contribution in [-0.2, 0) is 0 Å². The molecule has 0 N–H and O–H groups in total. The van der Waals surface area contributed by atoms with Crippen LogP contribution in [0.5, 0.6) is 0 Å². The molecular formula is C6H10S. The smallest absolute Gasteiger partial charge is 0.0113 e. The highest BCUT2D eigenvalue weighted by Gasteiger charge is 2.22. The molecule has 1 fully saturated rings. The van der Waals surface area contributed by atoms with E-state index in [-0.39, 0.29) is 0 Å². The van der Waals surface area contributed by atoms with E-state index in [1.807, 2.05) is 0 Å². The van der Waals surface area contributed by atoms with Crippen molar-refractivity contribution in [2.75, 3.05) is 5.75 Å². The number of hydrogen-bond acceptors (Lipinski definition) is 1. The van der Waals surface area contributed by atoms with E-state index in [9.17, 15) is 0 Å². The van der Waals surface area contributed by atoms with Crippen LogP contribution in [0.15, 0.2) is 12.2 Å². The summed E-state index contributed by atoms with van der Waals surface area (Å²) in [5, 5.41) is 0. The second-order valence-electron chi connectivity index (χ2n) is 2.09. The Balaban J connectivity index is 2.24. The fraction of sp³-hybridized carbons (Fsp3) is 0.667. The molecule has 0 spiro atoms. The summed E-state index contributed by atoms with van der Waals surface area (Å²) < 4.78 is 0. The van der Waals surface area contributed by atoms with Crippen molar-refractivity contribution in [3.8, 4) is 0 Å². The standard InChI is InChI=1S/C6H10S/c1-5(4-7)6-2-3-6/h6-7H,1-4H2. The molecular weight excluding hydrogens is 104 g/mol. The van der Waals surface area contributed by atoms with Gasteiger partial charge in [0.05, 0.1) is 0 Å². The van der Waals surface area contributed by atoms with Crippen LogP contribution in [0.4, 0.5) is 0 Å². The lowest BCUT2D eigenvalue weighted by molar-refractivity contribution is 1.02. The predicted molar refractivity (Wildman–Crippen MR) is 35.7 cm³/mol. The molecule has 0 unspecified atom stereocenters. The normalized spacial score (nSPS) is 19.6. The Morgan fingerprint density at radius 2 is 2.29 bits per heavy atom. The van der Waals surface area contributed by atoms with Gasteiger partial charge < -0.3 is 0 Å². The van der Waals surface area contributed by atoms with Gasteiger partial charge >= 0.3 is 0 Å². The van der Waals surface area contributed by atoms with E-state index in [2.05, 4.69) is 19.2 Å². The molecule has 1 rings (SSSR count). The molecule has 0 bridgehead atoms. The second kappa shape index (κ2) is 1.91. The summed E-state index contributed by atoms with van der Waals surface area (Å²) in [5.41, 5.74) is 1.32. The van der Waals surface area contributed by atoms with Gasteiger partial charge in [0, 0.05) is 5.75 Å². The van der Waals surface area contributed by atoms with Gasteiger partial charge in [0.2, 0.25) is 0 Å². The Kier molecular flexibility index (Phi) is 1.43. The molecule has 0 saturated heterocycles. The van der Waals surface area contributed by atoms with Gasteiger partial charge in [-0.3, -0.25) is 0 Å². The van der Waals surface area contributed by atoms with Gasteiger partial charge in [-0.25, -0.2) is 0 Å². The second-order valence-corrected chi connectivity index (χ2v) is 2.41. The van der Waals surface area contributed by atoms with Crippen molar-refractivity contribution < 1.29 is 0 Å². The molecule has 0 nitrogen and oxygen atoms in total. The van der Waals surface area contributed by atoms with Crippen LogP contribution in [0.25, 0.3) is 0 Å². The van der Waals surface area contributed by atoms with Crippen molar-refractivity contribution in [2.45, 2.75) is 12.8 Å². The molecule has 0 atom stereocenters. The molecule has 0 heterocycles. The largest absolute Gasteiger partial charge is 0.175 e. The van der Waals surface area contributed by atoms with E-state index in [0.29, 0.717) is 0 Å². The highest BCUT2D eigenvalue weighted by atomic mass is 32.1. The van der Waals surface area contributed by atoms with E-state index in [0.717, 1.165) is 11.7 Å². The quantitative estimate of drug-likeness (QED) is 0.411. The van der Waals surface area contributed by atoms with Crippen molar-refractivity contribution in [1.29, 1.82) is 0 Å². The van der Waals surface area contributed by atoms with Crippen LogP contribution in [0.3, 0.4) is 0 Å². The predicted octanol–water partition coefficient (Wildman–Crippen LogP) is 1.88. The van der Waals surface area contributed by atoms with Crippen molar-refractivity contribution in [2.24, 2.45) is 5.92 Å². The van der Waals surface area contributed by atoms with E-state index < -0.39 is 0 Å². The molecule has 0 aromatic rings. The SMILES string of the molecule is C=C(CS)C1CC1. The molecule has 1 heteroatoms. The van der Waals surface area contributed by atoms with Crippen LogP contribution in [0, 0.1) is 5.92 Å². The van der Waals surface area contributed by atoms with Gasteiger partial charge in [-0.05, 0) is 18.8 Å². The Hall–Kier alpha value is 0.0900. The Labute approximate surface area is 50.0 Å². The van der Waals surface area contributed by atoms with Gasteiger partial charge in [-0.2, -0.15) is 12.6 Å². The van der Waals surface area contributed by atoms with Crippen molar-refractivity contribution >= 4 is 12.6 Å². The Morgan fingerprint density at radius 1 is 1.71 bits per heavy atom. The van der Waals surface area contributed by atoms with Crippen molar-refractivity contribution in [3.63, 3.8) is 0 Å². The van der Waals surface area contributed by atoms with Gasteiger partial charge in [0.15, 0.2) is 0 Å². The summed E-state index contributed by atoms with van der Waals surface area (Å²) in [7, 11) is 0. The van der Waals surface area contributed by atoms with Gasteiger partial charge in [0.25, 0.3) is 0 Å². The highest BCUT2D eigenvalue weighted by molar-refractivity contribution is 7.80. The minimum absolute atomic E-state index is 0.845. The minimum atomic E-state index is 0.845. The first-order valence-electron chi connectivity index (χ1n) is 2.63. The third-order valence-corrected chi connectivity index (χ3v) is 1.76. The Bertz CT molecular complexity index is 82.2. The van der Waals surface area contributed by atoms with E-state index in [4.69, 9.17) is 0 Å². The lowest BCUT2D eigenvalue weighted by Gasteiger charge is -1.91. The first kappa shape index (κ1) is 5.23. The van der Waals surface area contributed by atoms with E-state index in [1.165, 1.54) is 18.4 Å². The van der Waals surface area contributed by atoms with Crippen LogP contribution in [0.2, 0.25) is 0 Å². The van der Waals surface area contributed by atoms with Crippen LogP contribution in [0.1, 0.15) is 12.8 Å². The fourth-order valence-electron chi connectivity index (χ4n) is 0.621. The lowest BCUT2D eigenvalue weighted by atomic mass is 10.2. The summed E-state index contributed by atoms with van der Waals surface area (Å²) in [6.07, 6.45) is 2.72. The van der Waals surface area contributed by atoms with Gasteiger partial charge in [0.1, 0.15) is 0 Å². The maximum Gasteiger partial charge on any atom is 0.0113 e. The van der Waals surface area contributed by atoms with Gasteiger partial charge in [-0.1, -0.05) is 12.2 Å². The lowest BCUT2D eigenvalue weighted by Crippen LogP contribution is -1.81. The molecule has 7 heavy (non-hydrogen) atoms. The first-order chi connectivity index (χ1) is 3.34. The molecule has 1 aliphatic rings. The zero-order valence-corrected chi connectivity index (χ0v) is 5.25. The maximum atomic E-state index is 4.10. The van der Waals surface area contributed by atoms with Crippen LogP contribution < -0.4 is 0 Å². The van der Waals surface area contributed by atoms with Crippen LogP contribution in [-0.4, -0.2) is 5.75 Å². The summed E-state index contributed by atoms with van der Waals surface area (Å²) >= 11 is 4.10. The zero-order chi connectivity index (χ0) is 5.28. The van der Waals surface area contributed by atoms with Crippen LogP contribution >= 0.6 is 12.6 Å². The van der Waals surface area contributed by atoms with Crippen molar-refractivity contribution in [1.82, 2.24) is 0 Å². The Morgan fingerprint density at radius 3 is 2.43 bits per heavy atom. The van der Waals surface area contributed by atoms with Crippen molar-refractivity contribution in [3.05, 3.63) is 12.2 Å². The number of thiol groups is 1. The highest BCUT2D eigenvalue weighted by Crippen LogP contribution is 2.35. The summed E-state index contributed by atoms with van der Waals surface area (Å²) in [5.74, 6) is 1.72. The average molecular weight is 114 g/mol. The molecule has 0 aliphatic heterocycles.